The number of hydrogen-bond acceptors (Lipinski definition) is 11. The Hall–Kier alpha value is -7.43. The molecule has 14 nitrogen and oxygen atoms in total. The van der Waals surface area contributed by atoms with E-state index in [0.29, 0.717) is 47.1 Å². The predicted octanol–water partition coefficient (Wildman–Crippen LogP) is 4.90. The molecule has 2 aliphatic heterocycles. The minimum atomic E-state index is -0.725. The number of carbonyl (C=O) groups is 1. The molecular formula is C54H56N8O6. The number of nitrogens with zero attached hydrogens (tertiary/aromatic N) is 4. The summed E-state index contributed by atoms with van der Waals surface area (Å²) in [6, 6.07) is 16.9. The number of allylic oxidation sites excluding steroid dienone is 2. The Labute approximate surface area is 394 Å². The van der Waals surface area contributed by atoms with Gasteiger partial charge in [0, 0.05) is 102 Å². The molecule has 1 atom stereocenters. The summed E-state index contributed by atoms with van der Waals surface area (Å²) in [7, 11) is 0. The van der Waals surface area contributed by atoms with Gasteiger partial charge < -0.3 is 30.4 Å². The van der Waals surface area contributed by atoms with Gasteiger partial charge in [0.2, 0.25) is 5.91 Å². The lowest BCUT2D eigenvalue weighted by Crippen LogP contribution is -2.47. The van der Waals surface area contributed by atoms with Gasteiger partial charge in [-0.1, -0.05) is 45.4 Å². The third-order valence-electron chi connectivity index (χ3n) is 14.1. The Kier molecular flexibility index (Phi) is 14.3. The van der Waals surface area contributed by atoms with Gasteiger partial charge in [0.1, 0.15) is 39.9 Å². The second-order valence-corrected chi connectivity index (χ2v) is 18.5. The fourth-order valence-corrected chi connectivity index (χ4v) is 10.5. The van der Waals surface area contributed by atoms with E-state index >= 15 is 0 Å². The summed E-state index contributed by atoms with van der Waals surface area (Å²) in [6.07, 6.45) is 7.26. The van der Waals surface area contributed by atoms with Crippen molar-refractivity contribution in [2.45, 2.75) is 96.4 Å². The van der Waals surface area contributed by atoms with Gasteiger partial charge in [0.05, 0.1) is 23.2 Å². The van der Waals surface area contributed by atoms with Crippen LogP contribution in [-0.2, 0) is 40.6 Å². The topological polar surface area (TPSA) is 189 Å². The molecule has 0 spiro atoms. The summed E-state index contributed by atoms with van der Waals surface area (Å²) in [4.78, 5) is 81.5. The number of benzene rings is 3. The zero-order valence-corrected chi connectivity index (χ0v) is 39.0. The van der Waals surface area contributed by atoms with Crippen molar-refractivity contribution >= 4 is 74.2 Å². The number of aryl methyl sites for hydroxylation is 1. The van der Waals surface area contributed by atoms with Gasteiger partial charge in [-0.2, -0.15) is 5.26 Å². The van der Waals surface area contributed by atoms with E-state index in [2.05, 4.69) is 75.6 Å². The first kappa shape index (κ1) is 47.1. The number of aromatic amines is 1. The van der Waals surface area contributed by atoms with Gasteiger partial charge in [-0.05, 0) is 98.5 Å². The number of H-pyrrole nitrogens is 1. The Bertz CT molecular complexity index is 3170. The Morgan fingerprint density at radius 1 is 0.838 bits per heavy atom. The van der Waals surface area contributed by atoms with Crippen LogP contribution in [0.1, 0.15) is 118 Å². The monoisotopic (exact) mass is 912 g/mol. The van der Waals surface area contributed by atoms with Crippen molar-refractivity contribution in [3.63, 3.8) is 0 Å². The quantitative estimate of drug-likeness (QED) is 0.0779. The average molecular weight is 913 g/mol. The van der Waals surface area contributed by atoms with E-state index in [1.165, 1.54) is 15.8 Å². The second kappa shape index (κ2) is 20.6. The van der Waals surface area contributed by atoms with Crippen LogP contribution < -0.4 is 31.5 Å². The molecule has 4 heterocycles. The summed E-state index contributed by atoms with van der Waals surface area (Å²) >= 11 is 0. The van der Waals surface area contributed by atoms with Gasteiger partial charge in [-0.15, -0.1) is 0 Å². The van der Waals surface area contributed by atoms with E-state index in [-0.39, 0.29) is 40.8 Å². The molecule has 3 aliphatic rings. The average Bonchev–Trinajstić information content (AvgIpc) is 3.92. The van der Waals surface area contributed by atoms with Gasteiger partial charge >= 0.3 is 0 Å². The van der Waals surface area contributed by atoms with Crippen molar-refractivity contribution in [3.05, 3.63) is 104 Å². The minimum absolute atomic E-state index is 0.0326. The van der Waals surface area contributed by atoms with E-state index in [1.807, 2.05) is 36.0 Å². The zero-order chi connectivity index (χ0) is 48.0. The van der Waals surface area contributed by atoms with E-state index in [9.17, 15) is 34.0 Å². The molecule has 1 amide bonds. The normalized spacial score (nSPS) is 16.4. The van der Waals surface area contributed by atoms with Crippen molar-refractivity contribution in [2.75, 3.05) is 56.0 Å². The molecular weight excluding hydrogens is 857 g/mol. The number of piperazine rings is 1. The van der Waals surface area contributed by atoms with Crippen molar-refractivity contribution in [1.29, 1.82) is 5.26 Å². The third-order valence-corrected chi connectivity index (χ3v) is 14.1. The molecule has 1 unspecified atom stereocenters. The van der Waals surface area contributed by atoms with Gasteiger partial charge in [0.15, 0.2) is 11.9 Å². The third kappa shape index (κ3) is 9.04. The van der Waals surface area contributed by atoms with Gasteiger partial charge in [-0.3, -0.25) is 9.69 Å². The van der Waals surface area contributed by atoms with Crippen LogP contribution in [0.5, 0.6) is 0 Å². The highest BCUT2D eigenvalue weighted by molar-refractivity contribution is 6.10. The van der Waals surface area contributed by atoms with Crippen LogP contribution >= 0.6 is 0 Å². The number of piperidine rings is 1. The molecule has 14 heteroatoms. The number of rotatable bonds is 16. The standard InChI is InChI=1S/C54H56N8O6/c1-4-36-27-40-41(31-64)51-38-17-15-35(29-55)26-44(38)59-53(51)54(2,3)42(40)28-47(36)61-24-22-60(23-25-61)21-10-5-7-14-50(68)57-20-9-6-8-19-56-43-13-11-12-39-48(33-66)62(49(34-67)52(39)43)46-18-16-37(30-63)58-45(46)32-65/h11-13,15,17,26-28,46,56,58-59H,4-10,14,16,18-25H2,1-3H3,(H,57,68). The molecule has 348 valence electrons. The van der Waals surface area contributed by atoms with E-state index in [1.54, 1.807) is 24.1 Å². The first-order valence-corrected chi connectivity index (χ1v) is 23.8. The van der Waals surface area contributed by atoms with Crippen LogP contribution in [0.2, 0.25) is 0 Å². The maximum atomic E-state index is 12.7. The van der Waals surface area contributed by atoms with Gasteiger partial charge in [-0.25, -0.2) is 24.0 Å². The number of fused-ring (bicyclic) bond motifs is 5. The smallest absolute Gasteiger partial charge is 0.219 e. The number of anilines is 2. The van der Waals surface area contributed by atoms with Crippen molar-refractivity contribution < 1.29 is 28.8 Å². The molecule has 3 aromatic carbocycles. The molecule has 4 N–H and O–H groups in total. The number of hydrogen-bond donors (Lipinski definition) is 4. The highest BCUT2D eigenvalue weighted by atomic mass is 16.1. The number of nitrogens with one attached hydrogen (secondary N) is 4. The molecule has 2 aromatic heterocycles. The second-order valence-electron chi connectivity index (χ2n) is 18.5. The molecule has 0 saturated carbocycles. The van der Waals surface area contributed by atoms with Gasteiger partial charge in [0.25, 0.3) is 0 Å². The van der Waals surface area contributed by atoms with Crippen molar-refractivity contribution in [2.24, 2.45) is 0 Å². The SMILES string of the molecule is CCc1cc2c(cc1N1CCN(CCCCCC(=O)NCCCCCNc3cccc4c(=C=O)n(C5CCC(=C=O)NC5=C=O)c(=C=O)c34)CC1)C(C)(C)c1[nH]c3cc(C#N)ccc3c1C2=C=O. The molecule has 0 radical (unpaired) electrons. The zero-order valence-electron chi connectivity index (χ0n) is 39.0. The Morgan fingerprint density at radius 2 is 1.62 bits per heavy atom. The molecule has 8 rings (SSSR count). The fourth-order valence-electron chi connectivity index (χ4n) is 10.5. The van der Waals surface area contributed by atoms with Crippen LogP contribution in [0.25, 0.3) is 27.2 Å². The fraction of sp³-hybridized carbons (Fsp3) is 0.407. The van der Waals surface area contributed by atoms with Crippen LogP contribution in [0, 0.1) is 11.3 Å². The summed E-state index contributed by atoms with van der Waals surface area (Å²) < 4.78 is 1.45. The van der Waals surface area contributed by atoms with Crippen molar-refractivity contribution in [3.8, 4) is 6.07 Å². The number of aromatic nitrogens is 2. The minimum Gasteiger partial charge on any atom is -0.384 e. The number of unbranched alkanes of at least 4 members (excludes halogenated alkanes) is 4. The lowest BCUT2D eigenvalue weighted by atomic mass is 9.69. The van der Waals surface area contributed by atoms with Crippen LogP contribution in [-0.4, -0.2) is 95.9 Å². The first-order valence-electron chi connectivity index (χ1n) is 23.8. The maximum absolute atomic E-state index is 12.7. The number of carbonyl (C=O) groups excluding carboxylic acids is 6. The summed E-state index contributed by atoms with van der Waals surface area (Å²) in [6.45, 7) is 12.5. The molecule has 5 aromatic rings. The predicted molar refractivity (Wildman–Crippen MR) is 262 cm³/mol. The van der Waals surface area contributed by atoms with E-state index < -0.39 is 11.5 Å². The molecule has 2 fully saturated rings. The number of amides is 1. The summed E-state index contributed by atoms with van der Waals surface area (Å²) in [5.41, 5.74) is 8.79. The lowest BCUT2D eigenvalue weighted by Gasteiger charge is -2.39. The van der Waals surface area contributed by atoms with Crippen LogP contribution in [0.15, 0.2) is 59.9 Å². The molecule has 2 saturated heterocycles. The van der Waals surface area contributed by atoms with E-state index in [4.69, 9.17) is 0 Å². The maximum Gasteiger partial charge on any atom is 0.219 e. The first-order chi connectivity index (χ1) is 33.1. The highest BCUT2D eigenvalue weighted by Crippen LogP contribution is 2.49. The highest BCUT2D eigenvalue weighted by Gasteiger charge is 2.39. The largest absolute Gasteiger partial charge is 0.384 e. The van der Waals surface area contributed by atoms with Crippen LogP contribution in [0.3, 0.4) is 0 Å². The van der Waals surface area contributed by atoms with Crippen LogP contribution in [0.4, 0.5) is 11.4 Å². The summed E-state index contributed by atoms with van der Waals surface area (Å²) in [5.74, 6) is 9.87. The Morgan fingerprint density at radius 3 is 2.34 bits per heavy atom. The molecule has 68 heavy (non-hydrogen) atoms. The van der Waals surface area contributed by atoms with Crippen molar-refractivity contribution in [1.82, 2.24) is 25.1 Å². The van der Waals surface area contributed by atoms with E-state index in [0.717, 1.165) is 111 Å². The molecule has 1 aliphatic carbocycles. The molecule has 0 bridgehead atoms. The number of nitriles is 1. The Balaban J connectivity index is 0.755. The lowest BCUT2D eigenvalue weighted by molar-refractivity contribution is -0.121. The summed E-state index contributed by atoms with van der Waals surface area (Å²) in [5, 5.41) is 20.8.